The highest BCUT2D eigenvalue weighted by atomic mass is 79.9. The Kier molecular flexibility index (Phi) is 10.7. The molecule has 246 valence electrons. The predicted octanol–water partition coefficient (Wildman–Crippen LogP) is 5.84. The van der Waals surface area contributed by atoms with Crippen molar-refractivity contribution in [2.75, 3.05) is 25.2 Å². The number of rotatable bonds is 13. The molecule has 1 aromatic heterocycles. The van der Waals surface area contributed by atoms with Crippen LogP contribution in [0.1, 0.15) is 72.0 Å². The lowest BCUT2D eigenvalue weighted by Gasteiger charge is -2.33. The highest BCUT2D eigenvalue weighted by molar-refractivity contribution is 9.09. The van der Waals surface area contributed by atoms with Gasteiger partial charge in [0.1, 0.15) is 17.0 Å². The van der Waals surface area contributed by atoms with E-state index in [1.54, 1.807) is 13.8 Å². The van der Waals surface area contributed by atoms with E-state index in [1.165, 1.54) is 22.5 Å². The molecule has 0 radical (unpaired) electrons. The first-order chi connectivity index (χ1) is 22.0. The summed E-state index contributed by atoms with van der Waals surface area (Å²) in [5, 5.41) is 19.7. The Morgan fingerprint density at radius 1 is 1.11 bits per heavy atom. The molecule has 46 heavy (non-hydrogen) atoms. The van der Waals surface area contributed by atoms with Crippen LogP contribution in [0.3, 0.4) is 0 Å². The first-order valence-corrected chi connectivity index (χ1v) is 17.8. The van der Waals surface area contributed by atoms with Crippen LogP contribution in [0.25, 0.3) is 11.0 Å². The van der Waals surface area contributed by atoms with Crippen LogP contribution in [0, 0.1) is 13.8 Å². The first-order valence-electron chi connectivity index (χ1n) is 15.3. The van der Waals surface area contributed by atoms with Gasteiger partial charge in [0, 0.05) is 30.0 Å². The maximum absolute atomic E-state index is 13.3. The summed E-state index contributed by atoms with van der Waals surface area (Å²) in [4.78, 5) is 12.9. The van der Waals surface area contributed by atoms with Gasteiger partial charge in [0.15, 0.2) is 0 Å². The van der Waals surface area contributed by atoms with Crippen molar-refractivity contribution in [1.82, 2.24) is 19.3 Å². The summed E-state index contributed by atoms with van der Waals surface area (Å²) in [6.45, 7) is 9.53. The van der Waals surface area contributed by atoms with Crippen molar-refractivity contribution in [2.45, 2.75) is 65.6 Å². The number of halogens is 1. The maximum atomic E-state index is 13.3. The monoisotopic (exact) mass is 714 g/mol. The third kappa shape index (κ3) is 7.22. The number of ether oxygens (including phenoxy) is 2. The number of aromatic hydroxyl groups is 1. The minimum absolute atomic E-state index is 0.0280. The Hall–Kier alpha value is -3.52. The van der Waals surface area contributed by atoms with Gasteiger partial charge in [0.05, 0.1) is 37.7 Å². The molecule has 1 aliphatic heterocycles. The number of phenols is 1. The van der Waals surface area contributed by atoms with Gasteiger partial charge in [-0.1, -0.05) is 45.4 Å². The van der Waals surface area contributed by atoms with Crippen LogP contribution in [0.15, 0.2) is 48.5 Å². The van der Waals surface area contributed by atoms with Crippen molar-refractivity contribution in [3.8, 4) is 11.5 Å². The largest absolute Gasteiger partial charge is 0.508 e. The molecule has 13 heteroatoms. The number of alkyl halides is 1. The molecular weight excluding hydrogens is 676 g/mol. The summed E-state index contributed by atoms with van der Waals surface area (Å²) >= 11 is 3.41. The average Bonchev–Trinajstić information content (AvgIpc) is 3.44. The molecule has 11 nitrogen and oxygen atoms in total. The molecule has 4 aromatic rings. The van der Waals surface area contributed by atoms with Gasteiger partial charge >= 0.3 is 16.3 Å². The number of aromatic nitrogens is 3. The second-order valence-corrected chi connectivity index (χ2v) is 13.6. The van der Waals surface area contributed by atoms with E-state index in [0.29, 0.717) is 25.3 Å². The molecule has 0 saturated carbocycles. The molecule has 2 atom stereocenters. The number of aryl methyl sites for hydroxylation is 2. The van der Waals surface area contributed by atoms with Gasteiger partial charge < -0.3 is 18.8 Å². The van der Waals surface area contributed by atoms with Crippen molar-refractivity contribution in [3.63, 3.8) is 0 Å². The topological polar surface area (TPSA) is 133 Å². The summed E-state index contributed by atoms with van der Waals surface area (Å²) in [5.74, 6) is -0.499. The van der Waals surface area contributed by atoms with Gasteiger partial charge in [-0.25, -0.2) is 4.68 Å². The van der Waals surface area contributed by atoms with Gasteiger partial charge in [-0.05, 0) is 86.2 Å². The van der Waals surface area contributed by atoms with E-state index in [-0.39, 0.29) is 43.0 Å². The van der Waals surface area contributed by atoms with Crippen LogP contribution in [-0.2, 0) is 37.7 Å². The molecule has 2 heterocycles. The fraction of sp³-hybridized carbons (Fsp3) is 0.424. The third-order valence-corrected chi connectivity index (χ3v) is 10.3. The minimum Gasteiger partial charge on any atom is -0.508 e. The van der Waals surface area contributed by atoms with Gasteiger partial charge in [-0.15, -0.1) is 5.10 Å². The van der Waals surface area contributed by atoms with E-state index in [4.69, 9.17) is 13.7 Å². The number of benzene rings is 3. The molecule has 0 bridgehead atoms. The SMILES string of the molecule is CCOC(=O)CC(c1ccc(C)c([C@@H](C)N2Cc3cc(O)ccc3OS2(=O)=O)c1)c1ccc2c(nnn2CCOCCCBr)c1C. The maximum Gasteiger partial charge on any atom is 0.386 e. The number of hydrogen-bond donors (Lipinski definition) is 1. The summed E-state index contributed by atoms with van der Waals surface area (Å²) in [6, 6.07) is 13.6. The van der Waals surface area contributed by atoms with Crippen molar-refractivity contribution >= 4 is 43.2 Å². The molecule has 1 aliphatic rings. The van der Waals surface area contributed by atoms with Crippen molar-refractivity contribution in [1.29, 1.82) is 0 Å². The standard InChI is InChI=1S/C33H39BrN4O7S/c1-5-44-32(40)19-29(27-10-11-30-33(22(27)3)35-36-37(30)14-16-43-15-6-13-34)24-8-7-21(2)28(18-24)23(4)38-20-25-17-26(39)9-12-31(25)45-46(38,41)42/h7-12,17-18,23,29,39H,5-6,13-16,19-20H2,1-4H3/t23-,29?/m1/s1. The fourth-order valence-corrected chi connectivity index (χ4v) is 7.43. The van der Waals surface area contributed by atoms with Crippen molar-refractivity contribution in [3.05, 3.63) is 81.9 Å². The molecule has 5 rings (SSSR count). The summed E-state index contributed by atoms with van der Waals surface area (Å²) in [7, 11) is -4.12. The Bertz CT molecular complexity index is 1830. The Labute approximate surface area is 277 Å². The van der Waals surface area contributed by atoms with E-state index < -0.39 is 16.3 Å². The Morgan fingerprint density at radius 3 is 2.67 bits per heavy atom. The van der Waals surface area contributed by atoms with E-state index in [0.717, 1.165) is 50.6 Å². The number of esters is 1. The smallest absolute Gasteiger partial charge is 0.386 e. The zero-order valence-corrected chi connectivity index (χ0v) is 28.8. The van der Waals surface area contributed by atoms with Gasteiger partial charge in [0.25, 0.3) is 0 Å². The number of fused-ring (bicyclic) bond motifs is 2. The van der Waals surface area contributed by atoms with E-state index in [1.807, 2.05) is 48.9 Å². The van der Waals surface area contributed by atoms with E-state index in [9.17, 15) is 18.3 Å². The van der Waals surface area contributed by atoms with Gasteiger partial charge in [-0.2, -0.15) is 12.7 Å². The first kappa shape index (κ1) is 33.8. The Morgan fingerprint density at radius 2 is 1.91 bits per heavy atom. The fourth-order valence-electron chi connectivity index (χ4n) is 5.92. The summed E-state index contributed by atoms with van der Waals surface area (Å²) < 4.78 is 46.1. The second kappa shape index (κ2) is 14.5. The molecule has 1 N–H and O–H groups in total. The van der Waals surface area contributed by atoms with Gasteiger partial charge in [0.2, 0.25) is 0 Å². The highest BCUT2D eigenvalue weighted by Gasteiger charge is 2.37. The third-order valence-electron chi connectivity index (χ3n) is 8.34. The van der Waals surface area contributed by atoms with Crippen LogP contribution in [0.2, 0.25) is 0 Å². The molecule has 0 spiro atoms. The number of carbonyl (C=O) groups excluding carboxylic acids is 1. The summed E-state index contributed by atoms with van der Waals surface area (Å²) in [6.07, 6.45) is 1.02. The predicted molar refractivity (Wildman–Crippen MR) is 177 cm³/mol. The van der Waals surface area contributed by atoms with Crippen molar-refractivity contribution in [2.24, 2.45) is 0 Å². The molecule has 0 saturated heterocycles. The number of carbonyl (C=O) groups is 1. The lowest BCUT2D eigenvalue weighted by atomic mass is 9.83. The average molecular weight is 716 g/mol. The molecule has 3 aromatic carbocycles. The van der Waals surface area contributed by atoms with Crippen LogP contribution < -0.4 is 4.18 Å². The number of nitrogens with zero attached hydrogens (tertiary/aromatic N) is 4. The van der Waals surface area contributed by atoms with E-state index >= 15 is 0 Å². The van der Waals surface area contributed by atoms with Crippen LogP contribution in [-0.4, -0.2) is 63.9 Å². The van der Waals surface area contributed by atoms with E-state index in [2.05, 4.69) is 26.2 Å². The zero-order chi connectivity index (χ0) is 33.0. The molecule has 0 fully saturated rings. The van der Waals surface area contributed by atoms with Crippen LogP contribution in [0.5, 0.6) is 11.5 Å². The Balaban J connectivity index is 1.50. The lowest BCUT2D eigenvalue weighted by molar-refractivity contribution is -0.143. The minimum atomic E-state index is -4.12. The zero-order valence-electron chi connectivity index (χ0n) is 26.4. The van der Waals surface area contributed by atoms with Crippen LogP contribution >= 0.6 is 15.9 Å². The van der Waals surface area contributed by atoms with Crippen molar-refractivity contribution < 1.29 is 32.0 Å². The number of hydrogen-bond acceptors (Lipinski definition) is 9. The normalized spacial score (nSPS) is 15.7. The lowest BCUT2D eigenvalue weighted by Crippen LogP contribution is -2.39. The highest BCUT2D eigenvalue weighted by Crippen LogP contribution is 2.39. The quantitative estimate of drug-likeness (QED) is 0.103. The molecular formula is C33H39BrN4O7S. The number of phenolic OH excluding ortho intramolecular Hbond substituents is 1. The second-order valence-electron chi connectivity index (χ2n) is 11.3. The summed E-state index contributed by atoms with van der Waals surface area (Å²) in [5.41, 5.74) is 6.48. The molecule has 1 unspecified atom stereocenters. The molecule has 0 aliphatic carbocycles. The van der Waals surface area contributed by atoms with Gasteiger partial charge in [-0.3, -0.25) is 4.79 Å². The van der Waals surface area contributed by atoms with Crippen LogP contribution in [0.4, 0.5) is 0 Å². The molecule has 0 amide bonds.